The van der Waals surface area contributed by atoms with E-state index in [-0.39, 0.29) is 5.69 Å². The van der Waals surface area contributed by atoms with Gasteiger partial charge in [0, 0.05) is 10.3 Å². The molecule has 0 aliphatic heterocycles. The van der Waals surface area contributed by atoms with Crippen LogP contribution in [0.25, 0.3) is 10.8 Å². The van der Waals surface area contributed by atoms with Crippen LogP contribution in [0.5, 0.6) is 0 Å². The second kappa shape index (κ2) is 7.36. The second-order valence-corrected chi connectivity index (χ2v) is 6.59. The van der Waals surface area contributed by atoms with Crippen LogP contribution in [-0.2, 0) is 4.79 Å². The van der Waals surface area contributed by atoms with Gasteiger partial charge in [0.25, 0.3) is 5.91 Å². The van der Waals surface area contributed by atoms with Crippen molar-refractivity contribution in [1.29, 1.82) is 0 Å². The number of aliphatic carboxylic acids is 1. The van der Waals surface area contributed by atoms with Gasteiger partial charge in [0.05, 0.1) is 0 Å². The summed E-state index contributed by atoms with van der Waals surface area (Å²) in [6.45, 7) is 1.59. The van der Waals surface area contributed by atoms with E-state index in [1.54, 1.807) is 6.07 Å². The third-order valence-corrected chi connectivity index (χ3v) is 4.59. The maximum absolute atomic E-state index is 12.2. The molecule has 0 saturated carbocycles. The molecule has 25 heavy (non-hydrogen) atoms. The molecule has 0 bridgehead atoms. The van der Waals surface area contributed by atoms with E-state index in [0.29, 0.717) is 5.03 Å². The number of carboxylic acid groups (broad SMARTS) is 1. The first kappa shape index (κ1) is 17.0. The molecular weight excluding hydrogens is 336 g/mol. The Morgan fingerprint density at radius 2 is 1.84 bits per heavy atom. The maximum Gasteiger partial charge on any atom is 0.322 e. The minimum Gasteiger partial charge on any atom is -0.480 e. The summed E-state index contributed by atoms with van der Waals surface area (Å²) in [6, 6.07) is 17.4. The average molecular weight is 352 g/mol. The predicted molar refractivity (Wildman–Crippen MR) is 97.0 cm³/mol. The molecule has 126 valence electrons. The Morgan fingerprint density at radius 3 is 2.56 bits per heavy atom. The number of nitrogens with zero attached hydrogens (tertiary/aromatic N) is 1. The van der Waals surface area contributed by atoms with Crippen molar-refractivity contribution in [2.45, 2.75) is 16.8 Å². The Morgan fingerprint density at radius 1 is 1.12 bits per heavy atom. The second-order valence-electron chi connectivity index (χ2n) is 5.53. The summed E-state index contributed by atoms with van der Waals surface area (Å²) < 4.78 is 0. The number of carboxylic acids is 1. The molecule has 6 heteroatoms. The fourth-order valence-electron chi connectivity index (χ4n) is 2.33. The third-order valence-electron chi connectivity index (χ3n) is 3.57. The van der Waals surface area contributed by atoms with Gasteiger partial charge in [-0.05, 0) is 30.5 Å². The lowest BCUT2D eigenvalue weighted by molar-refractivity contribution is -0.135. The molecule has 1 aromatic heterocycles. The first-order valence-corrected chi connectivity index (χ1v) is 8.49. The number of pyridine rings is 1. The van der Waals surface area contributed by atoms with Gasteiger partial charge in [-0.1, -0.05) is 53.7 Å². The molecule has 1 heterocycles. The Bertz CT molecular complexity index is 939. The molecule has 0 saturated heterocycles. The summed E-state index contributed by atoms with van der Waals surface area (Å²) in [6.07, 6.45) is 0. The van der Waals surface area contributed by atoms with Crippen molar-refractivity contribution in [3.05, 3.63) is 65.9 Å². The molecule has 0 radical (unpaired) electrons. The van der Waals surface area contributed by atoms with Crippen molar-refractivity contribution >= 4 is 34.4 Å². The largest absolute Gasteiger partial charge is 0.480 e. The Hall–Kier alpha value is -2.86. The van der Waals surface area contributed by atoms with E-state index in [1.165, 1.54) is 17.3 Å². The Kier molecular flexibility index (Phi) is 5.00. The number of nitrogens with one attached hydrogen (secondary N) is 1. The van der Waals surface area contributed by atoms with Gasteiger partial charge in [-0.3, -0.25) is 9.59 Å². The highest BCUT2D eigenvalue weighted by Crippen LogP contribution is 2.32. The van der Waals surface area contributed by atoms with Crippen LogP contribution < -0.4 is 5.32 Å². The molecule has 3 aromatic rings. The van der Waals surface area contributed by atoms with Gasteiger partial charge in [0.1, 0.15) is 17.3 Å². The number of fused-ring (bicyclic) bond motifs is 1. The molecule has 0 unspecified atom stereocenters. The van der Waals surface area contributed by atoms with Gasteiger partial charge >= 0.3 is 5.97 Å². The van der Waals surface area contributed by atoms with E-state index in [0.717, 1.165) is 15.7 Å². The van der Waals surface area contributed by atoms with E-state index >= 15 is 0 Å². The van der Waals surface area contributed by atoms with Crippen LogP contribution in [-0.4, -0.2) is 28.5 Å². The number of aromatic nitrogens is 1. The van der Waals surface area contributed by atoms with Crippen LogP contribution in [0.15, 0.2) is 64.5 Å². The van der Waals surface area contributed by atoms with Crippen molar-refractivity contribution in [1.82, 2.24) is 10.3 Å². The average Bonchev–Trinajstić information content (AvgIpc) is 2.61. The maximum atomic E-state index is 12.2. The lowest BCUT2D eigenvalue weighted by atomic mass is 10.1. The van der Waals surface area contributed by atoms with Crippen molar-refractivity contribution in [2.75, 3.05) is 6.54 Å². The normalized spacial score (nSPS) is 10.6. The number of carbonyl (C=O) groups excluding carboxylic acids is 1. The molecule has 3 rings (SSSR count). The van der Waals surface area contributed by atoms with Crippen molar-refractivity contribution < 1.29 is 14.7 Å². The molecule has 0 spiro atoms. The van der Waals surface area contributed by atoms with Crippen LogP contribution in [0.3, 0.4) is 0 Å². The van der Waals surface area contributed by atoms with Crippen LogP contribution in [0.1, 0.15) is 16.1 Å². The lowest BCUT2D eigenvalue weighted by Crippen LogP contribution is -2.29. The standard InChI is InChI=1S/C19H16N2O3S/c1-12-6-8-14(9-7-12)25-19-15-5-3-2-4-13(15)10-16(21-19)18(24)20-11-17(22)23/h2-10H,11H2,1H3,(H,20,24)(H,22,23). The molecule has 2 aromatic carbocycles. The minimum atomic E-state index is -1.09. The number of carbonyl (C=O) groups is 2. The molecule has 2 N–H and O–H groups in total. The SMILES string of the molecule is Cc1ccc(Sc2nc(C(=O)NCC(=O)O)cc3ccccc23)cc1. The van der Waals surface area contributed by atoms with Gasteiger partial charge in [0.2, 0.25) is 0 Å². The molecule has 1 amide bonds. The van der Waals surface area contributed by atoms with Gasteiger partial charge in [-0.15, -0.1) is 0 Å². The zero-order chi connectivity index (χ0) is 17.8. The Labute approximate surface area is 149 Å². The number of benzene rings is 2. The highest BCUT2D eigenvalue weighted by atomic mass is 32.2. The van der Waals surface area contributed by atoms with E-state index in [9.17, 15) is 9.59 Å². The van der Waals surface area contributed by atoms with Crippen LogP contribution >= 0.6 is 11.8 Å². The third kappa shape index (κ3) is 4.16. The van der Waals surface area contributed by atoms with Crippen LogP contribution in [0, 0.1) is 6.92 Å². The quantitative estimate of drug-likeness (QED) is 0.735. The van der Waals surface area contributed by atoms with Crippen molar-refractivity contribution in [3.8, 4) is 0 Å². The summed E-state index contributed by atoms with van der Waals surface area (Å²) in [5.74, 6) is -1.60. The number of hydrogen-bond donors (Lipinski definition) is 2. The van der Waals surface area contributed by atoms with Gasteiger partial charge in [0.15, 0.2) is 0 Å². The topological polar surface area (TPSA) is 79.3 Å². The number of aryl methyl sites for hydroxylation is 1. The molecule has 5 nitrogen and oxygen atoms in total. The lowest BCUT2D eigenvalue weighted by Gasteiger charge is -2.09. The summed E-state index contributed by atoms with van der Waals surface area (Å²) >= 11 is 1.47. The number of hydrogen-bond acceptors (Lipinski definition) is 4. The van der Waals surface area contributed by atoms with E-state index in [4.69, 9.17) is 5.11 Å². The molecule has 0 atom stereocenters. The fourth-order valence-corrected chi connectivity index (χ4v) is 3.26. The van der Waals surface area contributed by atoms with Crippen LogP contribution in [0.4, 0.5) is 0 Å². The van der Waals surface area contributed by atoms with E-state index in [1.807, 2.05) is 55.5 Å². The minimum absolute atomic E-state index is 0.203. The molecule has 0 aliphatic rings. The first-order valence-electron chi connectivity index (χ1n) is 7.67. The highest BCUT2D eigenvalue weighted by molar-refractivity contribution is 7.99. The summed E-state index contributed by atoms with van der Waals surface area (Å²) in [7, 11) is 0. The van der Waals surface area contributed by atoms with E-state index < -0.39 is 18.4 Å². The Balaban J connectivity index is 1.98. The van der Waals surface area contributed by atoms with E-state index in [2.05, 4.69) is 10.3 Å². The summed E-state index contributed by atoms with van der Waals surface area (Å²) in [5.41, 5.74) is 1.37. The van der Waals surface area contributed by atoms with Gasteiger partial charge in [-0.2, -0.15) is 0 Å². The highest BCUT2D eigenvalue weighted by Gasteiger charge is 2.14. The zero-order valence-electron chi connectivity index (χ0n) is 13.5. The zero-order valence-corrected chi connectivity index (χ0v) is 14.3. The van der Waals surface area contributed by atoms with Crippen molar-refractivity contribution in [3.63, 3.8) is 0 Å². The number of rotatable bonds is 5. The van der Waals surface area contributed by atoms with Crippen LogP contribution in [0.2, 0.25) is 0 Å². The summed E-state index contributed by atoms with van der Waals surface area (Å²) in [4.78, 5) is 28.3. The van der Waals surface area contributed by atoms with Gasteiger partial charge < -0.3 is 10.4 Å². The smallest absolute Gasteiger partial charge is 0.322 e. The fraction of sp³-hybridized carbons (Fsp3) is 0.105. The molecule has 0 fully saturated rings. The predicted octanol–water partition coefficient (Wildman–Crippen LogP) is 3.51. The summed E-state index contributed by atoms with van der Waals surface area (Å²) in [5, 5.41) is 13.6. The van der Waals surface area contributed by atoms with Gasteiger partial charge in [-0.25, -0.2) is 4.98 Å². The number of amides is 1. The molecule has 0 aliphatic carbocycles. The monoisotopic (exact) mass is 352 g/mol. The first-order chi connectivity index (χ1) is 12.0. The molecular formula is C19H16N2O3S. The van der Waals surface area contributed by atoms with Crippen molar-refractivity contribution in [2.24, 2.45) is 0 Å².